The van der Waals surface area contributed by atoms with Crippen LogP contribution in [0.25, 0.3) is 0 Å². The molecular formula is C42H74NO7+. The van der Waals surface area contributed by atoms with Crippen molar-refractivity contribution in [2.75, 3.05) is 41.0 Å². The van der Waals surface area contributed by atoms with Crippen LogP contribution in [-0.2, 0) is 28.6 Å². The average Bonchev–Trinajstić information content (AvgIpc) is 3.06. The Bertz CT molecular complexity index is 964. The molecule has 0 aromatic rings. The van der Waals surface area contributed by atoms with Crippen LogP contribution in [0.15, 0.2) is 48.6 Å². The lowest BCUT2D eigenvalue weighted by molar-refractivity contribution is -0.887. The summed E-state index contributed by atoms with van der Waals surface area (Å²) < 4.78 is 17.2. The second kappa shape index (κ2) is 33.4. The molecule has 0 amide bonds. The maximum Gasteiger partial charge on any atom is 0.362 e. The van der Waals surface area contributed by atoms with Gasteiger partial charge in [-0.25, -0.2) is 4.79 Å². The number of carbonyl (C=O) groups is 3. The number of hydrogen-bond donors (Lipinski definition) is 1. The van der Waals surface area contributed by atoms with E-state index in [0.29, 0.717) is 19.3 Å². The number of rotatable bonds is 34. The normalized spacial score (nSPS) is 13.5. The maximum atomic E-state index is 12.6. The van der Waals surface area contributed by atoms with Crippen LogP contribution in [0, 0.1) is 0 Å². The van der Waals surface area contributed by atoms with Gasteiger partial charge in [0, 0.05) is 19.3 Å². The zero-order valence-electron chi connectivity index (χ0n) is 32.6. The molecule has 50 heavy (non-hydrogen) atoms. The molecule has 8 heteroatoms. The van der Waals surface area contributed by atoms with E-state index in [4.69, 9.17) is 14.2 Å². The van der Waals surface area contributed by atoms with Crippen LogP contribution in [0.5, 0.6) is 0 Å². The number of carbonyl (C=O) groups excluding carboxylic acids is 2. The van der Waals surface area contributed by atoms with Crippen molar-refractivity contribution >= 4 is 17.9 Å². The minimum atomic E-state index is -0.883. The summed E-state index contributed by atoms with van der Waals surface area (Å²) in [4.78, 5) is 36.8. The van der Waals surface area contributed by atoms with Crippen LogP contribution >= 0.6 is 0 Å². The highest BCUT2D eigenvalue weighted by Gasteiger charge is 2.31. The lowest BCUT2D eigenvalue weighted by atomic mass is 10.1. The standard InChI is InChI=1S/C42H73NO7/c1-6-8-10-12-14-16-18-20-22-24-26-28-30-32-40(44)49-37-38(36-48-35-34-39(42(46)47)43(3,4)5)50-41(45)33-31-29-27-25-23-21-19-17-15-13-11-9-7-2/h8,10,12,14,16,18,21,23,38-39H,6-7,9,11,13,15,17,19-20,22,24-37H2,1-5H3/p+1/b10-8+,14-12+,18-16+,23-21+. The number of quaternary nitrogens is 1. The molecule has 0 bridgehead atoms. The lowest BCUT2D eigenvalue weighted by Gasteiger charge is -2.31. The van der Waals surface area contributed by atoms with E-state index in [0.717, 1.165) is 77.0 Å². The molecular weight excluding hydrogens is 630 g/mol. The minimum Gasteiger partial charge on any atom is -0.477 e. The van der Waals surface area contributed by atoms with Gasteiger partial charge in [0.05, 0.1) is 34.4 Å². The lowest BCUT2D eigenvalue weighted by Crippen LogP contribution is -2.50. The molecule has 0 spiro atoms. The second-order valence-corrected chi connectivity index (χ2v) is 14.2. The molecule has 288 valence electrons. The van der Waals surface area contributed by atoms with Crippen molar-refractivity contribution < 1.29 is 38.2 Å². The molecule has 0 saturated carbocycles. The summed E-state index contributed by atoms with van der Waals surface area (Å²) in [5, 5.41) is 9.58. The fraction of sp³-hybridized carbons (Fsp3) is 0.738. The van der Waals surface area contributed by atoms with E-state index in [1.165, 1.54) is 38.5 Å². The Balaban J connectivity index is 4.47. The van der Waals surface area contributed by atoms with Crippen LogP contribution < -0.4 is 0 Å². The smallest absolute Gasteiger partial charge is 0.362 e. The first-order valence-corrected chi connectivity index (χ1v) is 19.7. The molecule has 2 atom stereocenters. The van der Waals surface area contributed by atoms with Crippen molar-refractivity contribution in [1.82, 2.24) is 0 Å². The van der Waals surface area contributed by atoms with Gasteiger partial charge in [-0.2, -0.15) is 0 Å². The van der Waals surface area contributed by atoms with E-state index in [9.17, 15) is 19.5 Å². The number of esters is 2. The van der Waals surface area contributed by atoms with Crippen LogP contribution in [-0.4, -0.2) is 80.6 Å². The number of unbranched alkanes of at least 4 members (excludes halogenated alkanes) is 14. The monoisotopic (exact) mass is 705 g/mol. The third-order valence-corrected chi connectivity index (χ3v) is 8.52. The highest BCUT2D eigenvalue weighted by Crippen LogP contribution is 2.12. The molecule has 0 aliphatic carbocycles. The molecule has 0 radical (unpaired) electrons. The van der Waals surface area contributed by atoms with E-state index in [-0.39, 0.29) is 36.2 Å². The number of carboxylic acids is 1. The molecule has 0 aliphatic heterocycles. The summed E-state index contributed by atoms with van der Waals surface area (Å²) in [7, 11) is 5.50. The van der Waals surface area contributed by atoms with E-state index in [1.807, 2.05) is 27.2 Å². The number of carboxylic acid groups (broad SMARTS) is 1. The van der Waals surface area contributed by atoms with Crippen molar-refractivity contribution in [3.8, 4) is 0 Å². The topological polar surface area (TPSA) is 99.1 Å². The van der Waals surface area contributed by atoms with Gasteiger partial charge in [-0.3, -0.25) is 9.59 Å². The molecule has 0 rings (SSSR count). The molecule has 0 fully saturated rings. The van der Waals surface area contributed by atoms with E-state index in [1.54, 1.807) is 0 Å². The Hall–Kier alpha value is -2.71. The van der Waals surface area contributed by atoms with Gasteiger partial charge in [-0.05, 0) is 57.8 Å². The van der Waals surface area contributed by atoms with Gasteiger partial charge in [0.15, 0.2) is 12.1 Å². The van der Waals surface area contributed by atoms with E-state index >= 15 is 0 Å². The van der Waals surface area contributed by atoms with Crippen molar-refractivity contribution in [2.45, 2.75) is 161 Å². The number of nitrogens with zero attached hydrogens (tertiary/aromatic N) is 1. The first-order chi connectivity index (χ1) is 24.1. The number of allylic oxidation sites excluding steroid dienone is 8. The summed E-state index contributed by atoms with van der Waals surface area (Å²) in [5.74, 6) is -1.52. The zero-order chi connectivity index (χ0) is 37.1. The van der Waals surface area contributed by atoms with Crippen molar-refractivity contribution in [3.63, 3.8) is 0 Å². The summed E-state index contributed by atoms with van der Waals surface area (Å²) in [6.07, 6.45) is 37.2. The van der Waals surface area contributed by atoms with Crippen LogP contribution in [0.4, 0.5) is 0 Å². The summed E-state index contributed by atoms with van der Waals surface area (Å²) in [6, 6.07) is -0.620. The number of likely N-dealkylation sites (N-methyl/N-ethyl adjacent to an activating group) is 1. The molecule has 8 nitrogen and oxygen atoms in total. The Labute approximate surface area is 306 Å². The number of aliphatic carboxylic acids is 1. The van der Waals surface area contributed by atoms with Gasteiger partial charge in [-0.15, -0.1) is 0 Å². The third-order valence-electron chi connectivity index (χ3n) is 8.52. The van der Waals surface area contributed by atoms with Gasteiger partial charge >= 0.3 is 17.9 Å². The first-order valence-electron chi connectivity index (χ1n) is 19.7. The molecule has 2 unspecified atom stereocenters. The number of hydrogen-bond acceptors (Lipinski definition) is 6. The van der Waals surface area contributed by atoms with Gasteiger partial charge in [0.1, 0.15) is 6.61 Å². The Morgan fingerprint density at radius 2 is 1.14 bits per heavy atom. The zero-order valence-corrected chi connectivity index (χ0v) is 32.6. The minimum absolute atomic E-state index is 0.0472. The highest BCUT2D eigenvalue weighted by molar-refractivity contribution is 5.72. The van der Waals surface area contributed by atoms with Gasteiger partial charge in [0.2, 0.25) is 0 Å². The third kappa shape index (κ3) is 31.3. The first kappa shape index (κ1) is 47.3. The Morgan fingerprint density at radius 1 is 0.620 bits per heavy atom. The SMILES string of the molecule is CC/C=C/C=C/C=C/CCCCCCCC(=O)OCC(COCCC(C(=O)O)[N+](C)(C)C)OC(=O)CCCCC/C=C/CCCCCCCC. The molecule has 1 N–H and O–H groups in total. The molecule has 0 aliphatic rings. The maximum absolute atomic E-state index is 12.6. The van der Waals surface area contributed by atoms with Crippen molar-refractivity contribution in [2.24, 2.45) is 0 Å². The quantitative estimate of drug-likeness (QED) is 0.0234. The molecule has 0 heterocycles. The fourth-order valence-corrected chi connectivity index (χ4v) is 5.44. The summed E-state index contributed by atoms with van der Waals surface area (Å²) in [5.41, 5.74) is 0. The van der Waals surface area contributed by atoms with Gasteiger partial charge in [0.25, 0.3) is 0 Å². The van der Waals surface area contributed by atoms with E-state index < -0.39 is 18.1 Å². The van der Waals surface area contributed by atoms with E-state index in [2.05, 4.69) is 56.4 Å². The number of ether oxygens (including phenoxy) is 3. The largest absolute Gasteiger partial charge is 0.477 e. The summed E-state index contributed by atoms with van der Waals surface area (Å²) >= 11 is 0. The van der Waals surface area contributed by atoms with Crippen LogP contribution in [0.1, 0.15) is 149 Å². The fourth-order valence-electron chi connectivity index (χ4n) is 5.44. The van der Waals surface area contributed by atoms with Crippen LogP contribution in [0.2, 0.25) is 0 Å². The van der Waals surface area contributed by atoms with Crippen molar-refractivity contribution in [3.05, 3.63) is 48.6 Å². The highest BCUT2D eigenvalue weighted by atomic mass is 16.6. The molecule has 0 aromatic heterocycles. The Kier molecular flexibility index (Phi) is 31.6. The Morgan fingerprint density at radius 3 is 1.72 bits per heavy atom. The average molecular weight is 705 g/mol. The van der Waals surface area contributed by atoms with Gasteiger partial charge < -0.3 is 23.8 Å². The predicted octanol–water partition coefficient (Wildman–Crippen LogP) is 10.1. The van der Waals surface area contributed by atoms with Crippen LogP contribution in [0.3, 0.4) is 0 Å². The summed E-state index contributed by atoms with van der Waals surface area (Å²) in [6.45, 7) is 4.54. The second-order valence-electron chi connectivity index (χ2n) is 14.2. The predicted molar refractivity (Wildman–Crippen MR) is 206 cm³/mol. The van der Waals surface area contributed by atoms with Gasteiger partial charge in [-0.1, -0.05) is 120 Å². The molecule has 0 saturated heterocycles. The van der Waals surface area contributed by atoms with Crippen molar-refractivity contribution in [1.29, 1.82) is 0 Å². The molecule has 0 aromatic carbocycles.